The van der Waals surface area contributed by atoms with E-state index < -0.39 is 0 Å². The Morgan fingerprint density at radius 2 is 2.24 bits per heavy atom. The van der Waals surface area contributed by atoms with Crippen molar-refractivity contribution in [3.05, 3.63) is 22.4 Å². The Hall–Kier alpha value is -0.870. The molecule has 1 heterocycles. The molecule has 17 heavy (non-hydrogen) atoms. The fraction of sp³-hybridized carbons (Fsp3) is 0.615. The van der Waals surface area contributed by atoms with Gasteiger partial charge in [-0.3, -0.25) is 4.79 Å². The molecule has 1 unspecified atom stereocenters. The van der Waals surface area contributed by atoms with Crippen LogP contribution in [-0.2, 0) is 4.79 Å². The molecular weight excluding hydrogens is 232 g/mol. The van der Waals surface area contributed by atoms with Gasteiger partial charge in [-0.25, -0.2) is 0 Å². The molecule has 1 atom stereocenters. The fourth-order valence-electron chi connectivity index (χ4n) is 1.39. The van der Waals surface area contributed by atoms with Crippen LogP contribution in [0.4, 0.5) is 0 Å². The minimum absolute atomic E-state index is 0.0558. The SMILES string of the molecule is CCC(C)(C)NC(=O)CNC(C)c1cccs1. The highest BCUT2D eigenvalue weighted by Crippen LogP contribution is 2.17. The highest BCUT2D eigenvalue weighted by molar-refractivity contribution is 7.10. The first-order valence-electron chi connectivity index (χ1n) is 6.02. The predicted molar refractivity (Wildman–Crippen MR) is 73.2 cm³/mol. The highest BCUT2D eigenvalue weighted by atomic mass is 32.1. The second-order valence-electron chi connectivity index (χ2n) is 4.90. The van der Waals surface area contributed by atoms with Crippen LogP contribution in [0, 0.1) is 0 Å². The van der Waals surface area contributed by atoms with E-state index in [1.165, 1.54) is 4.88 Å². The molecule has 4 heteroatoms. The van der Waals surface area contributed by atoms with E-state index in [2.05, 4.69) is 30.5 Å². The summed E-state index contributed by atoms with van der Waals surface area (Å²) in [5.74, 6) is 0.0558. The first-order valence-corrected chi connectivity index (χ1v) is 6.90. The molecule has 2 N–H and O–H groups in total. The molecule has 1 amide bonds. The van der Waals surface area contributed by atoms with Crippen LogP contribution in [0.15, 0.2) is 17.5 Å². The summed E-state index contributed by atoms with van der Waals surface area (Å²) >= 11 is 1.71. The molecule has 0 aliphatic carbocycles. The average molecular weight is 254 g/mol. The molecule has 0 aliphatic rings. The normalized spacial score (nSPS) is 13.4. The van der Waals surface area contributed by atoms with Gasteiger partial charge in [0.15, 0.2) is 0 Å². The number of carbonyl (C=O) groups excluding carboxylic acids is 1. The predicted octanol–water partition coefficient (Wildman–Crippen LogP) is 2.70. The lowest BCUT2D eigenvalue weighted by Gasteiger charge is -2.25. The maximum Gasteiger partial charge on any atom is 0.234 e. The van der Waals surface area contributed by atoms with Crippen molar-refractivity contribution in [2.75, 3.05) is 6.54 Å². The van der Waals surface area contributed by atoms with E-state index in [0.29, 0.717) is 6.54 Å². The maximum atomic E-state index is 11.7. The molecule has 96 valence electrons. The molecule has 0 bridgehead atoms. The van der Waals surface area contributed by atoms with Crippen LogP contribution in [0.3, 0.4) is 0 Å². The van der Waals surface area contributed by atoms with Crippen molar-refractivity contribution >= 4 is 17.2 Å². The monoisotopic (exact) mass is 254 g/mol. The van der Waals surface area contributed by atoms with Gasteiger partial charge in [-0.2, -0.15) is 0 Å². The molecule has 0 aliphatic heterocycles. The fourth-order valence-corrected chi connectivity index (χ4v) is 2.15. The summed E-state index contributed by atoms with van der Waals surface area (Å²) in [5.41, 5.74) is -0.120. The van der Waals surface area contributed by atoms with Crippen LogP contribution in [0.1, 0.15) is 45.0 Å². The minimum Gasteiger partial charge on any atom is -0.350 e. The van der Waals surface area contributed by atoms with Gasteiger partial charge in [0.2, 0.25) is 5.91 Å². The first kappa shape index (κ1) is 14.2. The van der Waals surface area contributed by atoms with Gasteiger partial charge in [-0.15, -0.1) is 11.3 Å². The second-order valence-corrected chi connectivity index (χ2v) is 5.88. The molecule has 1 aromatic rings. The lowest BCUT2D eigenvalue weighted by atomic mass is 10.0. The number of thiophene rings is 1. The second kappa shape index (κ2) is 6.17. The van der Waals surface area contributed by atoms with Gasteiger partial charge in [0.25, 0.3) is 0 Å². The van der Waals surface area contributed by atoms with Gasteiger partial charge < -0.3 is 10.6 Å². The van der Waals surface area contributed by atoms with E-state index in [1.54, 1.807) is 11.3 Å². The van der Waals surface area contributed by atoms with Crippen LogP contribution in [0.5, 0.6) is 0 Å². The molecular formula is C13H22N2OS. The summed E-state index contributed by atoms with van der Waals surface area (Å²) in [5, 5.41) is 8.29. The van der Waals surface area contributed by atoms with Crippen LogP contribution in [0.2, 0.25) is 0 Å². The van der Waals surface area contributed by atoms with Crippen molar-refractivity contribution in [1.82, 2.24) is 10.6 Å². The zero-order valence-electron chi connectivity index (χ0n) is 11.0. The molecule has 0 saturated carbocycles. The van der Waals surface area contributed by atoms with Crippen molar-refractivity contribution in [1.29, 1.82) is 0 Å². The molecule has 0 fully saturated rings. The summed E-state index contributed by atoms with van der Waals surface area (Å²) < 4.78 is 0. The van der Waals surface area contributed by atoms with E-state index in [-0.39, 0.29) is 17.5 Å². The van der Waals surface area contributed by atoms with E-state index in [1.807, 2.05) is 25.3 Å². The molecule has 0 saturated heterocycles. The Morgan fingerprint density at radius 1 is 1.53 bits per heavy atom. The Balaban J connectivity index is 2.34. The quantitative estimate of drug-likeness (QED) is 0.819. The van der Waals surface area contributed by atoms with Crippen LogP contribution >= 0.6 is 11.3 Å². The van der Waals surface area contributed by atoms with Gasteiger partial charge in [-0.05, 0) is 38.6 Å². The third kappa shape index (κ3) is 4.88. The van der Waals surface area contributed by atoms with Crippen LogP contribution in [0.25, 0.3) is 0 Å². The van der Waals surface area contributed by atoms with Gasteiger partial charge in [0.05, 0.1) is 6.54 Å². The van der Waals surface area contributed by atoms with Crippen molar-refractivity contribution in [2.45, 2.75) is 45.7 Å². The summed E-state index contributed by atoms with van der Waals surface area (Å²) in [7, 11) is 0. The van der Waals surface area contributed by atoms with Gasteiger partial charge >= 0.3 is 0 Å². The maximum absolute atomic E-state index is 11.7. The smallest absolute Gasteiger partial charge is 0.234 e. The van der Waals surface area contributed by atoms with Gasteiger partial charge in [-0.1, -0.05) is 13.0 Å². The molecule has 1 aromatic heterocycles. The standard InChI is InChI=1S/C13H22N2OS/c1-5-13(3,4)15-12(16)9-14-10(2)11-7-6-8-17-11/h6-8,10,14H,5,9H2,1-4H3,(H,15,16). The topological polar surface area (TPSA) is 41.1 Å². The molecule has 1 rings (SSSR count). The number of hydrogen-bond donors (Lipinski definition) is 2. The third-order valence-corrected chi connectivity index (χ3v) is 3.96. The number of amides is 1. The van der Waals surface area contributed by atoms with Crippen molar-refractivity contribution < 1.29 is 4.79 Å². The first-order chi connectivity index (χ1) is 7.94. The highest BCUT2D eigenvalue weighted by Gasteiger charge is 2.18. The summed E-state index contributed by atoms with van der Waals surface area (Å²) in [6.07, 6.45) is 0.930. The Kier molecular flexibility index (Phi) is 5.15. The Labute approximate surface area is 108 Å². The lowest BCUT2D eigenvalue weighted by Crippen LogP contribution is -2.46. The molecule has 3 nitrogen and oxygen atoms in total. The van der Waals surface area contributed by atoms with E-state index in [4.69, 9.17) is 0 Å². The molecule has 0 radical (unpaired) electrons. The minimum atomic E-state index is -0.120. The Morgan fingerprint density at radius 3 is 2.76 bits per heavy atom. The molecule has 0 aromatic carbocycles. The van der Waals surface area contributed by atoms with E-state index in [9.17, 15) is 4.79 Å². The third-order valence-electron chi connectivity index (χ3n) is 2.90. The zero-order valence-corrected chi connectivity index (χ0v) is 11.9. The lowest BCUT2D eigenvalue weighted by molar-refractivity contribution is -0.121. The molecule has 0 spiro atoms. The summed E-state index contributed by atoms with van der Waals surface area (Å²) in [6, 6.07) is 4.33. The largest absolute Gasteiger partial charge is 0.350 e. The number of rotatable bonds is 6. The summed E-state index contributed by atoms with van der Waals surface area (Å²) in [6.45, 7) is 8.58. The Bertz CT molecular complexity index is 346. The van der Waals surface area contributed by atoms with Crippen molar-refractivity contribution in [3.8, 4) is 0 Å². The summed E-state index contributed by atoms with van der Waals surface area (Å²) in [4.78, 5) is 13.0. The number of carbonyl (C=O) groups is 1. The van der Waals surface area contributed by atoms with Gasteiger partial charge in [0, 0.05) is 16.5 Å². The average Bonchev–Trinajstić information content (AvgIpc) is 2.78. The van der Waals surface area contributed by atoms with Crippen LogP contribution < -0.4 is 10.6 Å². The van der Waals surface area contributed by atoms with Crippen molar-refractivity contribution in [2.24, 2.45) is 0 Å². The van der Waals surface area contributed by atoms with Crippen molar-refractivity contribution in [3.63, 3.8) is 0 Å². The van der Waals surface area contributed by atoms with E-state index >= 15 is 0 Å². The van der Waals surface area contributed by atoms with Crippen LogP contribution in [-0.4, -0.2) is 18.0 Å². The zero-order chi connectivity index (χ0) is 12.9. The number of nitrogens with one attached hydrogen (secondary N) is 2. The van der Waals surface area contributed by atoms with Gasteiger partial charge in [0.1, 0.15) is 0 Å². The number of hydrogen-bond acceptors (Lipinski definition) is 3. The van der Waals surface area contributed by atoms with E-state index in [0.717, 1.165) is 6.42 Å².